The zero-order chi connectivity index (χ0) is 20.6. The van der Waals surface area contributed by atoms with Gasteiger partial charge in [-0.15, -0.1) is 0 Å². The molecule has 3 saturated carbocycles. The number of fused-ring (bicyclic) bond motifs is 5. The van der Waals surface area contributed by atoms with Gasteiger partial charge in [-0.3, -0.25) is 14.4 Å². The highest BCUT2D eigenvalue weighted by Crippen LogP contribution is 2.68. The van der Waals surface area contributed by atoms with Crippen LogP contribution in [-0.2, 0) is 14.4 Å². The molecule has 0 radical (unpaired) electrons. The number of aliphatic hydroxyl groups excluding tert-OH is 1. The van der Waals surface area contributed by atoms with Gasteiger partial charge in [0, 0.05) is 29.6 Å². The lowest BCUT2D eigenvalue weighted by Crippen LogP contribution is -2.62. The number of hydrogen-bond donors (Lipinski definition) is 2. The minimum atomic E-state index is -1.78. The summed E-state index contributed by atoms with van der Waals surface area (Å²) in [6, 6.07) is 0. The lowest BCUT2D eigenvalue weighted by molar-refractivity contribution is -0.175. The van der Waals surface area contributed by atoms with Crippen molar-refractivity contribution in [3.05, 3.63) is 11.6 Å². The SMILES string of the molecule is C[C@H]1C[C@H]2[C@@H]3C[C@H](F)C4=CC(=O)CC[C@]4(C)[C@H]3C(=O)C[C@]2(C)[C@@]1(O)C(=O)CO. The van der Waals surface area contributed by atoms with Gasteiger partial charge in [0.25, 0.3) is 0 Å². The molecule has 0 spiro atoms. The van der Waals surface area contributed by atoms with E-state index in [9.17, 15) is 24.6 Å². The third kappa shape index (κ3) is 2.22. The van der Waals surface area contributed by atoms with Crippen molar-refractivity contribution < 1.29 is 29.0 Å². The molecule has 28 heavy (non-hydrogen) atoms. The molecule has 3 fully saturated rings. The molecule has 0 unspecified atom stereocenters. The van der Waals surface area contributed by atoms with Crippen molar-refractivity contribution in [1.82, 2.24) is 0 Å². The number of aliphatic hydroxyl groups is 2. The second kappa shape index (κ2) is 6.05. The average molecular weight is 392 g/mol. The predicted octanol–water partition coefficient (Wildman–Crippen LogP) is 2.18. The number of allylic oxidation sites excluding steroid dienone is 1. The van der Waals surface area contributed by atoms with E-state index in [1.165, 1.54) is 6.08 Å². The Morgan fingerprint density at radius 1 is 1.29 bits per heavy atom. The van der Waals surface area contributed by atoms with Crippen molar-refractivity contribution in [2.24, 2.45) is 34.5 Å². The molecule has 4 aliphatic rings. The Kier molecular flexibility index (Phi) is 4.30. The molecule has 4 aliphatic carbocycles. The van der Waals surface area contributed by atoms with Gasteiger partial charge in [-0.1, -0.05) is 20.8 Å². The number of carbonyl (C=O) groups is 3. The van der Waals surface area contributed by atoms with E-state index in [2.05, 4.69) is 0 Å². The third-order valence-corrected chi connectivity index (χ3v) is 8.78. The molecule has 0 amide bonds. The van der Waals surface area contributed by atoms with Crippen LogP contribution in [-0.4, -0.2) is 45.9 Å². The zero-order valence-electron chi connectivity index (χ0n) is 16.7. The van der Waals surface area contributed by atoms with Crippen LogP contribution in [0.2, 0.25) is 0 Å². The Hall–Kier alpha value is -1.40. The number of Topliss-reactive ketones (excluding diaryl/α,β-unsaturated/α-hetero) is 2. The molecule has 0 heterocycles. The van der Waals surface area contributed by atoms with Crippen LogP contribution in [0.5, 0.6) is 0 Å². The van der Waals surface area contributed by atoms with Crippen LogP contribution in [0.1, 0.15) is 52.9 Å². The van der Waals surface area contributed by atoms with E-state index in [0.717, 1.165) is 0 Å². The lowest BCUT2D eigenvalue weighted by Gasteiger charge is -2.58. The van der Waals surface area contributed by atoms with Crippen LogP contribution in [0.4, 0.5) is 4.39 Å². The summed E-state index contributed by atoms with van der Waals surface area (Å²) in [4.78, 5) is 37.8. The summed E-state index contributed by atoms with van der Waals surface area (Å²) in [6.45, 7) is 4.66. The van der Waals surface area contributed by atoms with Gasteiger partial charge in [-0.2, -0.15) is 0 Å². The molecule has 154 valence electrons. The largest absolute Gasteiger partial charge is 0.388 e. The maximum absolute atomic E-state index is 15.2. The fraction of sp³-hybridized carbons (Fsp3) is 0.773. The Morgan fingerprint density at radius 3 is 2.61 bits per heavy atom. The summed E-state index contributed by atoms with van der Waals surface area (Å²) in [6.07, 6.45) is 1.60. The van der Waals surface area contributed by atoms with E-state index in [1.54, 1.807) is 13.8 Å². The van der Waals surface area contributed by atoms with Gasteiger partial charge in [0.15, 0.2) is 11.6 Å². The molecular weight excluding hydrogens is 363 g/mol. The van der Waals surface area contributed by atoms with Crippen LogP contribution >= 0.6 is 0 Å². The van der Waals surface area contributed by atoms with Gasteiger partial charge in [0.1, 0.15) is 24.2 Å². The number of hydrogen-bond acceptors (Lipinski definition) is 5. The maximum atomic E-state index is 15.2. The minimum Gasteiger partial charge on any atom is -0.388 e. The normalized spacial score (nSPS) is 50.5. The topological polar surface area (TPSA) is 91.7 Å². The Bertz CT molecular complexity index is 790. The molecule has 4 rings (SSSR count). The minimum absolute atomic E-state index is 0.0409. The van der Waals surface area contributed by atoms with Gasteiger partial charge in [0.2, 0.25) is 0 Å². The molecule has 0 bridgehead atoms. The number of ketones is 3. The molecule has 0 aliphatic heterocycles. The highest BCUT2D eigenvalue weighted by atomic mass is 19.1. The van der Waals surface area contributed by atoms with Crippen LogP contribution in [0.15, 0.2) is 11.6 Å². The zero-order valence-corrected chi connectivity index (χ0v) is 16.7. The summed E-state index contributed by atoms with van der Waals surface area (Å²) in [5.41, 5.74) is -3.01. The van der Waals surface area contributed by atoms with Gasteiger partial charge >= 0.3 is 0 Å². The molecule has 5 nitrogen and oxygen atoms in total. The van der Waals surface area contributed by atoms with Crippen molar-refractivity contribution in [2.75, 3.05) is 6.61 Å². The summed E-state index contributed by atoms with van der Waals surface area (Å²) < 4.78 is 15.2. The molecule has 0 aromatic heterocycles. The first kappa shape index (κ1) is 19.9. The van der Waals surface area contributed by atoms with E-state index in [1.807, 2.05) is 6.92 Å². The predicted molar refractivity (Wildman–Crippen MR) is 99.0 cm³/mol. The fourth-order valence-corrected chi connectivity index (χ4v) is 7.44. The summed E-state index contributed by atoms with van der Waals surface area (Å²) in [5, 5.41) is 20.8. The van der Waals surface area contributed by atoms with Crippen LogP contribution in [0, 0.1) is 34.5 Å². The third-order valence-electron chi connectivity index (χ3n) is 8.78. The first-order chi connectivity index (χ1) is 13.0. The maximum Gasteiger partial charge on any atom is 0.190 e. The van der Waals surface area contributed by atoms with E-state index in [0.29, 0.717) is 24.8 Å². The van der Waals surface area contributed by atoms with Gasteiger partial charge < -0.3 is 10.2 Å². The van der Waals surface area contributed by atoms with Crippen molar-refractivity contribution in [3.63, 3.8) is 0 Å². The van der Waals surface area contributed by atoms with Gasteiger partial charge in [-0.05, 0) is 48.7 Å². The van der Waals surface area contributed by atoms with Crippen molar-refractivity contribution in [3.8, 4) is 0 Å². The number of alkyl halides is 1. The smallest absolute Gasteiger partial charge is 0.190 e. The molecule has 6 heteroatoms. The number of halogens is 1. The van der Waals surface area contributed by atoms with Crippen LogP contribution in [0.25, 0.3) is 0 Å². The Labute approximate surface area is 164 Å². The second-order valence-corrected chi connectivity index (χ2v) is 9.98. The van der Waals surface area contributed by atoms with Gasteiger partial charge in [-0.25, -0.2) is 4.39 Å². The van der Waals surface area contributed by atoms with Crippen molar-refractivity contribution in [2.45, 2.75) is 64.6 Å². The van der Waals surface area contributed by atoms with Crippen LogP contribution < -0.4 is 0 Å². The molecular formula is C22H29FO5. The first-order valence-corrected chi connectivity index (χ1v) is 10.3. The quantitative estimate of drug-likeness (QED) is 0.752. The summed E-state index contributed by atoms with van der Waals surface area (Å²) in [5.74, 6) is -2.06. The summed E-state index contributed by atoms with van der Waals surface area (Å²) >= 11 is 0. The van der Waals surface area contributed by atoms with E-state index < -0.39 is 46.8 Å². The summed E-state index contributed by atoms with van der Waals surface area (Å²) in [7, 11) is 0. The van der Waals surface area contributed by atoms with Gasteiger partial charge in [0.05, 0.1) is 0 Å². The standard InChI is InChI=1S/C22H29FO5/c1-11-6-14-13-8-16(23)15-7-12(25)4-5-20(15,2)19(13)17(26)9-21(14,3)22(11,28)18(27)10-24/h7,11,13-14,16,19,24,28H,4-6,8-10H2,1-3H3/t11-,13-,14-,16-,19+,20-,21-,22-/m0/s1. The highest BCUT2D eigenvalue weighted by Gasteiger charge is 2.71. The van der Waals surface area contributed by atoms with Crippen molar-refractivity contribution >= 4 is 17.3 Å². The molecule has 8 atom stereocenters. The average Bonchev–Trinajstić information content (AvgIpc) is 2.83. The Morgan fingerprint density at radius 2 is 1.96 bits per heavy atom. The molecule has 2 N–H and O–H groups in total. The monoisotopic (exact) mass is 392 g/mol. The van der Waals surface area contributed by atoms with Crippen LogP contribution in [0.3, 0.4) is 0 Å². The lowest BCUT2D eigenvalue weighted by atomic mass is 9.45. The molecule has 0 aromatic carbocycles. The highest BCUT2D eigenvalue weighted by molar-refractivity contribution is 5.95. The Balaban J connectivity index is 1.81. The van der Waals surface area contributed by atoms with Crippen molar-refractivity contribution in [1.29, 1.82) is 0 Å². The molecule has 0 saturated heterocycles. The number of rotatable bonds is 2. The molecule has 0 aromatic rings. The fourth-order valence-electron chi connectivity index (χ4n) is 7.44. The number of carbonyl (C=O) groups excluding carboxylic acids is 3. The van der Waals surface area contributed by atoms with E-state index >= 15 is 4.39 Å². The van der Waals surface area contributed by atoms with E-state index in [4.69, 9.17) is 0 Å². The second-order valence-electron chi connectivity index (χ2n) is 9.98. The first-order valence-electron chi connectivity index (χ1n) is 10.3. The van der Waals surface area contributed by atoms with E-state index in [-0.39, 0.29) is 36.2 Å².